The third-order valence-electron chi connectivity index (χ3n) is 13.7. The molecule has 0 saturated carbocycles. The zero-order valence-corrected chi connectivity index (χ0v) is 34.6. The van der Waals surface area contributed by atoms with Crippen LogP contribution >= 0.6 is 11.3 Å². The van der Waals surface area contributed by atoms with Crippen molar-refractivity contribution in [2.45, 2.75) is 24.7 Å². The highest BCUT2D eigenvalue weighted by atomic mass is 32.1. The summed E-state index contributed by atoms with van der Waals surface area (Å²) in [7, 11) is 0. The molecular weight excluding hydrogens is 759 g/mol. The standard InChI is InChI=1S/C58H39NOS/c1-57(2)44-22-9-6-20-39(44)41-32-31-37(33-48(41)57)59(50-26-13-8-19-38(50)36-17-4-3-5-18-36)51-27-16-30-54-56(51)43-34-42-40-21-7-10-23-45(40)58(49(42)35-55(43)61-54)46-24-11-14-28-52(46)60-53-29-15-12-25-47(53)58/h3-35H,1-2H3. The summed E-state index contributed by atoms with van der Waals surface area (Å²) < 4.78 is 9.19. The topological polar surface area (TPSA) is 12.5 Å². The molecular formula is C58H39NOS. The van der Waals surface area contributed by atoms with E-state index in [0.29, 0.717) is 0 Å². The Labute approximate surface area is 359 Å². The molecule has 0 unspecified atom stereocenters. The fourth-order valence-corrected chi connectivity index (χ4v) is 12.3. The number of nitrogens with zero attached hydrogens (tertiary/aromatic N) is 1. The number of hydrogen-bond donors (Lipinski definition) is 0. The van der Waals surface area contributed by atoms with Crippen LogP contribution < -0.4 is 9.64 Å². The molecule has 2 nitrogen and oxygen atoms in total. The Morgan fingerprint density at radius 1 is 0.410 bits per heavy atom. The lowest BCUT2D eigenvalue weighted by Gasteiger charge is -2.39. The maximum absolute atomic E-state index is 6.65. The van der Waals surface area contributed by atoms with Crippen molar-refractivity contribution in [1.82, 2.24) is 0 Å². The van der Waals surface area contributed by atoms with Gasteiger partial charge in [0.25, 0.3) is 0 Å². The summed E-state index contributed by atoms with van der Waals surface area (Å²) in [6.07, 6.45) is 0. The van der Waals surface area contributed by atoms with Crippen LogP contribution in [0, 0.1) is 0 Å². The maximum Gasteiger partial charge on any atom is 0.132 e. The van der Waals surface area contributed by atoms with Crippen LogP contribution in [0.3, 0.4) is 0 Å². The van der Waals surface area contributed by atoms with Crippen LogP contribution in [0.15, 0.2) is 200 Å². The zero-order chi connectivity index (χ0) is 40.5. The van der Waals surface area contributed by atoms with Crippen LogP contribution in [0.25, 0.3) is 53.6 Å². The molecule has 0 N–H and O–H groups in total. The van der Waals surface area contributed by atoms with Crippen molar-refractivity contribution < 1.29 is 4.74 Å². The maximum atomic E-state index is 6.65. The number of hydrogen-bond acceptors (Lipinski definition) is 3. The minimum Gasteiger partial charge on any atom is -0.457 e. The molecule has 0 atom stereocenters. The summed E-state index contributed by atoms with van der Waals surface area (Å²) in [5.41, 5.74) is 18.1. The monoisotopic (exact) mass is 797 g/mol. The second kappa shape index (κ2) is 12.7. The lowest BCUT2D eigenvalue weighted by atomic mass is 9.66. The second-order valence-electron chi connectivity index (χ2n) is 17.2. The van der Waals surface area contributed by atoms with Crippen molar-refractivity contribution in [2.24, 2.45) is 0 Å². The summed E-state index contributed by atoms with van der Waals surface area (Å²) in [4.78, 5) is 2.53. The van der Waals surface area contributed by atoms with Gasteiger partial charge in [0.15, 0.2) is 0 Å². The Morgan fingerprint density at radius 2 is 1.00 bits per heavy atom. The van der Waals surface area contributed by atoms with Crippen molar-refractivity contribution in [3.8, 4) is 44.9 Å². The highest BCUT2D eigenvalue weighted by Crippen LogP contribution is 2.63. The molecule has 2 heterocycles. The third-order valence-corrected chi connectivity index (χ3v) is 14.9. The Hall–Kier alpha value is -7.20. The highest BCUT2D eigenvalue weighted by molar-refractivity contribution is 7.26. The molecule has 1 spiro atoms. The number of benzene rings is 9. The van der Waals surface area contributed by atoms with Crippen molar-refractivity contribution in [1.29, 1.82) is 0 Å². The Kier molecular flexibility index (Phi) is 7.19. The molecule has 1 aliphatic heterocycles. The molecule has 3 aliphatic rings. The number of ether oxygens (including phenoxy) is 1. The van der Waals surface area contributed by atoms with Gasteiger partial charge in [0, 0.05) is 48.0 Å². The first-order chi connectivity index (χ1) is 30.0. The van der Waals surface area contributed by atoms with Crippen LogP contribution in [-0.2, 0) is 10.8 Å². The molecule has 13 rings (SSSR count). The van der Waals surface area contributed by atoms with Crippen LogP contribution in [0.2, 0.25) is 0 Å². The van der Waals surface area contributed by atoms with Crippen LogP contribution in [-0.4, -0.2) is 0 Å². The summed E-state index contributed by atoms with van der Waals surface area (Å²) in [5.74, 6) is 1.83. The van der Waals surface area contributed by atoms with Gasteiger partial charge in [-0.2, -0.15) is 0 Å². The highest BCUT2D eigenvalue weighted by Gasteiger charge is 2.51. The van der Waals surface area contributed by atoms with E-state index in [4.69, 9.17) is 4.74 Å². The molecule has 3 heteroatoms. The smallest absolute Gasteiger partial charge is 0.132 e. The first-order valence-corrected chi connectivity index (χ1v) is 22.0. The normalized spacial score (nSPS) is 14.5. The van der Waals surface area contributed by atoms with E-state index in [1.54, 1.807) is 0 Å². The van der Waals surface area contributed by atoms with Crippen LogP contribution in [0.4, 0.5) is 17.1 Å². The zero-order valence-electron chi connectivity index (χ0n) is 33.8. The Balaban J connectivity index is 1.10. The number of anilines is 3. The first-order valence-electron chi connectivity index (χ1n) is 21.2. The second-order valence-corrected chi connectivity index (χ2v) is 18.2. The van der Waals surface area contributed by atoms with Crippen molar-refractivity contribution in [3.05, 3.63) is 234 Å². The fraction of sp³-hybridized carbons (Fsp3) is 0.0690. The summed E-state index contributed by atoms with van der Waals surface area (Å²) >= 11 is 1.89. The summed E-state index contributed by atoms with van der Waals surface area (Å²) in [6, 6.07) is 74.0. The summed E-state index contributed by atoms with van der Waals surface area (Å²) in [5, 5.41) is 2.54. The number of rotatable bonds is 4. The van der Waals surface area contributed by atoms with Crippen molar-refractivity contribution >= 4 is 48.6 Å². The predicted molar refractivity (Wildman–Crippen MR) is 254 cm³/mol. The number of para-hydroxylation sites is 3. The molecule has 0 radical (unpaired) electrons. The minimum absolute atomic E-state index is 0.140. The van der Waals surface area contributed by atoms with Gasteiger partial charge in [0.2, 0.25) is 0 Å². The van der Waals surface area contributed by atoms with E-state index < -0.39 is 5.41 Å². The largest absolute Gasteiger partial charge is 0.457 e. The van der Waals surface area contributed by atoms with E-state index in [9.17, 15) is 0 Å². The van der Waals surface area contributed by atoms with Gasteiger partial charge in [0.05, 0.1) is 16.8 Å². The summed E-state index contributed by atoms with van der Waals surface area (Å²) in [6.45, 7) is 4.74. The molecule has 1 aromatic heterocycles. The van der Waals surface area contributed by atoms with E-state index >= 15 is 0 Å². The number of fused-ring (bicyclic) bond motifs is 15. The Bertz CT molecular complexity index is 3400. The molecule has 288 valence electrons. The van der Waals surface area contributed by atoms with Gasteiger partial charge in [0.1, 0.15) is 11.5 Å². The SMILES string of the molecule is CC1(C)c2ccccc2-c2ccc(N(c3ccccc3-c3ccccc3)c3cccc4sc5cc6c(cc5c34)-c3ccccc3C63c4ccccc4Oc4ccccc43)cc21. The molecule has 2 aliphatic carbocycles. The van der Waals surface area contributed by atoms with Crippen LogP contribution in [0.1, 0.15) is 47.2 Å². The van der Waals surface area contributed by atoms with E-state index in [1.165, 1.54) is 92.6 Å². The van der Waals surface area contributed by atoms with E-state index in [-0.39, 0.29) is 5.41 Å². The molecule has 0 amide bonds. The molecule has 0 saturated heterocycles. The minimum atomic E-state index is -0.514. The molecule has 61 heavy (non-hydrogen) atoms. The average Bonchev–Trinajstić information content (AvgIpc) is 3.90. The first kappa shape index (κ1) is 34.6. The van der Waals surface area contributed by atoms with Gasteiger partial charge in [-0.3, -0.25) is 0 Å². The van der Waals surface area contributed by atoms with E-state index in [0.717, 1.165) is 22.9 Å². The predicted octanol–water partition coefficient (Wildman–Crippen LogP) is 16.0. The number of thiophene rings is 1. The van der Waals surface area contributed by atoms with Gasteiger partial charge >= 0.3 is 0 Å². The van der Waals surface area contributed by atoms with E-state index in [2.05, 4.69) is 219 Å². The molecule has 10 aromatic rings. The molecule has 0 fully saturated rings. The quantitative estimate of drug-likeness (QED) is 0.176. The lowest BCUT2D eigenvalue weighted by molar-refractivity contribution is 0.436. The van der Waals surface area contributed by atoms with Crippen molar-refractivity contribution in [3.63, 3.8) is 0 Å². The van der Waals surface area contributed by atoms with Gasteiger partial charge in [-0.05, 0) is 105 Å². The van der Waals surface area contributed by atoms with Gasteiger partial charge in [-0.25, -0.2) is 0 Å². The van der Waals surface area contributed by atoms with Gasteiger partial charge in [-0.1, -0.05) is 159 Å². The molecule has 0 bridgehead atoms. The van der Waals surface area contributed by atoms with Crippen molar-refractivity contribution in [2.75, 3.05) is 4.90 Å². The van der Waals surface area contributed by atoms with Crippen LogP contribution in [0.5, 0.6) is 11.5 Å². The lowest BCUT2D eigenvalue weighted by Crippen LogP contribution is -2.32. The average molecular weight is 798 g/mol. The third kappa shape index (κ3) is 4.67. The van der Waals surface area contributed by atoms with Gasteiger partial charge < -0.3 is 9.64 Å². The fourth-order valence-electron chi connectivity index (χ4n) is 11.1. The van der Waals surface area contributed by atoms with Gasteiger partial charge in [-0.15, -0.1) is 11.3 Å². The van der Waals surface area contributed by atoms with E-state index in [1.807, 2.05) is 11.3 Å². The molecule has 9 aromatic carbocycles. The Morgan fingerprint density at radius 3 is 1.75 bits per heavy atom.